The summed E-state index contributed by atoms with van der Waals surface area (Å²) in [5, 5.41) is 12.0. The molecule has 0 aliphatic carbocycles. The van der Waals surface area contributed by atoms with Crippen LogP contribution in [-0.2, 0) is 9.53 Å². The number of aryl methyl sites for hydroxylation is 1. The molecule has 1 aromatic rings. The molecule has 1 heterocycles. The molecule has 2 rings (SSSR count). The van der Waals surface area contributed by atoms with Gasteiger partial charge in [-0.3, -0.25) is 9.59 Å². The van der Waals surface area contributed by atoms with E-state index in [1.165, 1.54) is 0 Å². The Hall–Kier alpha value is -1.40. The zero-order chi connectivity index (χ0) is 14.9. The van der Waals surface area contributed by atoms with Gasteiger partial charge in [-0.05, 0) is 41.4 Å². The van der Waals surface area contributed by atoms with Gasteiger partial charge in [-0.1, -0.05) is 12.1 Å². The number of benzene rings is 1. The quantitative estimate of drug-likeness (QED) is 0.881. The molecule has 1 aliphatic heterocycles. The highest BCUT2D eigenvalue weighted by molar-refractivity contribution is 9.10. The van der Waals surface area contributed by atoms with Crippen LogP contribution in [0, 0.1) is 12.3 Å². The minimum Gasteiger partial charge on any atom is -0.481 e. The van der Waals surface area contributed by atoms with Crippen LogP contribution in [-0.4, -0.2) is 36.2 Å². The van der Waals surface area contributed by atoms with Gasteiger partial charge in [-0.15, -0.1) is 0 Å². The molecule has 1 amide bonds. The monoisotopic (exact) mass is 341 g/mol. The van der Waals surface area contributed by atoms with Crippen LogP contribution in [0.25, 0.3) is 0 Å². The molecule has 6 heteroatoms. The number of hydrogen-bond donors (Lipinski definition) is 2. The molecular weight excluding hydrogens is 326 g/mol. The first kappa shape index (κ1) is 15.0. The Morgan fingerprint density at radius 1 is 1.50 bits per heavy atom. The van der Waals surface area contributed by atoms with Gasteiger partial charge in [0, 0.05) is 4.47 Å². The van der Waals surface area contributed by atoms with Crippen LogP contribution in [0.15, 0.2) is 22.7 Å². The fourth-order valence-corrected chi connectivity index (χ4v) is 2.59. The third-order valence-corrected chi connectivity index (χ3v) is 4.74. The molecule has 2 unspecified atom stereocenters. The Morgan fingerprint density at radius 3 is 2.85 bits per heavy atom. The van der Waals surface area contributed by atoms with Crippen molar-refractivity contribution in [1.29, 1.82) is 0 Å². The standard InChI is InChI=1S/C14H16BrNO4/c1-8-4-3-5-9(11(8)15)12(17)16-10-6-20-7-14(10,2)13(18)19/h3-5,10H,6-7H2,1-2H3,(H,16,17)(H,18,19). The Kier molecular flexibility index (Phi) is 4.15. The van der Waals surface area contributed by atoms with Crippen molar-refractivity contribution < 1.29 is 19.4 Å². The molecule has 20 heavy (non-hydrogen) atoms. The number of carboxylic acid groups (broad SMARTS) is 1. The number of halogens is 1. The van der Waals surface area contributed by atoms with Crippen LogP contribution >= 0.6 is 15.9 Å². The summed E-state index contributed by atoms with van der Waals surface area (Å²) in [5.74, 6) is -1.27. The second-order valence-corrected chi connectivity index (χ2v) is 5.99. The number of ether oxygens (including phenoxy) is 1. The van der Waals surface area contributed by atoms with Crippen LogP contribution in [0.5, 0.6) is 0 Å². The minimum atomic E-state index is -1.09. The molecule has 0 radical (unpaired) electrons. The maximum atomic E-state index is 12.3. The van der Waals surface area contributed by atoms with E-state index in [0.29, 0.717) is 10.0 Å². The molecule has 2 atom stereocenters. The third-order valence-electron chi connectivity index (χ3n) is 3.69. The molecule has 0 bridgehead atoms. The van der Waals surface area contributed by atoms with E-state index in [2.05, 4.69) is 21.2 Å². The Balaban J connectivity index is 2.20. The van der Waals surface area contributed by atoms with Crippen LogP contribution in [0.4, 0.5) is 0 Å². The summed E-state index contributed by atoms with van der Waals surface area (Å²) in [4.78, 5) is 23.6. The summed E-state index contributed by atoms with van der Waals surface area (Å²) in [6.45, 7) is 3.78. The molecule has 108 valence electrons. The summed E-state index contributed by atoms with van der Waals surface area (Å²) in [6, 6.07) is 4.83. The summed E-state index contributed by atoms with van der Waals surface area (Å²) in [7, 11) is 0. The smallest absolute Gasteiger partial charge is 0.313 e. The fourth-order valence-electron chi connectivity index (χ4n) is 2.14. The van der Waals surface area contributed by atoms with E-state index >= 15 is 0 Å². The molecule has 0 aromatic heterocycles. The molecule has 1 fully saturated rings. The summed E-state index contributed by atoms with van der Waals surface area (Å²) in [6.07, 6.45) is 0. The number of rotatable bonds is 3. The molecule has 1 aromatic carbocycles. The van der Waals surface area contributed by atoms with Gasteiger partial charge in [0.1, 0.15) is 5.41 Å². The number of amides is 1. The van der Waals surface area contributed by atoms with Crippen LogP contribution in [0.1, 0.15) is 22.8 Å². The number of carbonyl (C=O) groups excluding carboxylic acids is 1. The van der Waals surface area contributed by atoms with E-state index in [1.807, 2.05) is 13.0 Å². The first-order valence-corrected chi connectivity index (χ1v) is 7.02. The molecular formula is C14H16BrNO4. The van der Waals surface area contributed by atoms with Crippen molar-refractivity contribution in [3.63, 3.8) is 0 Å². The lowest BCUT2D eigenvalue weighted by Crippen LogP contribution is -2.49. The van der Waals surface area contributed by atoms with E-state index in [1.54, 1.807) is 19.1 Å². The second kappa shape index (κ2) is 5.54. The fraction of sp³-hybridized carbons (Fsp3) is 0.429. The molecule has 1 saturated heterocycles. The van der Waals surface area contributed by atoms with E-state index in [0.717, 1.165) is 5.56 Å². The zero-order valence-electron chi connectivity index (χ0n) is 11.3. The Labute approximate surface area is 125 Å². The lowest BCUT2D eigenvalue weighted by atomic mass is 9.85. The van der Waals surface area contributed by atoms with Crippen molar-refractivity contribution in [3.8, 4) is 0 Å². The topological polar surface area (TPSA) is 75.6 Å². The molecule has 1 aliphatic rings. The molecule has 0 saturated carbocycles. The van der Waals surface area contributed by atoms with Crippen molar-refractivity contribution in [3.05, 3.63) is 33.8 Å². The normalized spacial score (nSPS) is 25.4. The van der Waals surface area contributed by atoms with Crippen LogP contribution in [0.3, 0.4) is 0 Å². The van der Waals surface area contributed by atoms with Gasteiger partial charge in [0.2, 0.25) is 0 Å². The van der Waals surface area contributed by atoms with Crippen LogP contribution < -0.4 is 5.32 Å². The van der Waals surface area contributed by atoms with Crippen molar-refractivity contribution in [2.75, 3.05) is 13.2 Å². The second-order valence-electron chi connectivity index (χ2n) is 5.20. The van der Waals surface area contributed by atoms with Gasteiger partial charge in [0.15, 0.2) is 0 Å². The maximum Gasteiger partial charge on any atom is 0.313 e. The first-order valence-electron chi connectivity index (χ1n) is 6.23. The van der Waals surface area contributed by atoms with Gasteiger partial charge >= 0.3 is 5.97 Å². The van der Waals surface area contributed by atoms with Crippen LogP contribution in [0.2, 0.25) is 0 Å². The van der Waals surface area contributed by atoms with Crippen molar-refractivity contribution >= 4 is 27.8 Å². The predicted octanol–water partition coefficient (Wildman–Crippen LogP) is 1.98. The predicted molar refractivity (Wildman–Crippen MR) is 76.7 cm³/mol. The highest BCUT2D eigenvalue weighted by Gasteiger charge is 2.47. The van der Waals surface area contributed by atoms with Gasteiger partial charge in [0.25, 0.3) is 5.91 Å². The highest BCUT2D eigenvalue weighted by atomic mass is 79.9. The average molecular weight is 342 g/mol. The minimum absolute atomic E-state index is 0.0995. The third kappa shape index (κ3) is 2.58. The largest absolute Gasteiger partial charge is 0.481 e. The lowest BCUT2D eigenvalue weighted by Gasteiger charge is -2.25. The summed E-state index contributed by atoms with van der Waals surface area (Å²) in [5.41, 5.74) is 0.345. The zero-order valence-corrected chi connectivity index (χ0v) is 12.9. The summed E-state index contributed by atoms with van der Waals surface area (Å²) >= 11 is 3.38. The van der Waals surface area contributed by atoms with Crippen molar-refractivity contribution in [1.82, 2.24) is 5.32 Å². The van der Waals surface area contributed by atoms with Crippen molar-refractivity contribution in [2.45, 2.75) is 19.9 Å². The first-order chi connectivity index (χ1) is 9.36. The summed E-state index contributed by atoms with van der Waals surface area (Å²) < 4.78 is 5.93. The molecule has 2 N–H and O–H groups in total. The molecule has 5 nitrogen and oxygen atoms in total. The average Bonchev–Trinajstić information content (AvgIpc) is 2.75. The maximum absolute atomic E-state index is 12.3. The van der Waals surface area contributed by atoms with Crippen molar-refractivity contribution in [2.24, 2.45) is 5.41 Å². The van der Waals surface area contributed by atoms with Gasteiger partial charge in [-0.2, -0.15) is 0 Å². The Morgan fingerprint density at radius 2 is 2.20 bits per heavy atom. The van der Waals surface area contributed by atoms with Gasteiger partial charge < -0.3 is 15.2 Å². The van der Waals surface area contributed by atoms with E-state index < -0.39 is 17.4 Å². The highest BCUT2D eigenvalue weighted by Crippen LogP contribution is 2.29. The van der Waals surface area contributed by atoms with Gasteiger partial charge in [0.05, 0.1) is 24.8 Å². The number of aliphatic carboxylic acids is 1. The SMILES string of the molecule is Cc1cccc(C(=O)NC2COCC2(C)C(=O)O)c1Br. The number of hydrogen-bond acceptors (Lipinski definition) is 3. The Bertz CT molecular complexity index is 560. The van der Waals surface area contributed by atoms with E-state index in [4.69, 9.17) is 4.74 Å². The van der Waals surface area contributed by atoms with Gasteiger partial charge in [-0.25, -0.2) is 0 Å². The number of nitrogens with one attached hydrogen (secondary N) is 1. The van der Waals surface area contributed by atoms with E-state index in [9.17, 15) is 14.7 Å². The molecule has 0 spiro atoms. The number of carboxylic acids is 1. The lowest BCUT2D eigenvalue weighted by molar-refractivity contribution is -0.148. The number of carbonyl (C=O) groups is 2. The van der Waals surface area contributed by atoms with E-state index in [-0.39, 0.29) is 19.1 Å².